The van der Waals surface area contributed by atoms with Crippen LogP contribution in [0.1, 0.15) is 39.0 Å². The van der Waals surface area contributed by atoms with E-state index in [0.29, 0.717) is 12.0 Å². The Morgan fingerprint density at radius 2 is 2.24 bits per heavy atom. The van der Waals surface area contributed by atoms with E-state index in [-0.39, 0.29) is 17.9 Å². The molecule has 2 saturated heterocycles. The molecule has 3 aliphatic heterocycles. The minimum absolute atomic E-state index is 0.0684. The van der Waals surface area contributed by atoms with Gasteiger partial charge in [-0.05, 0) is 38.7 Å². The second-order valence-electron chi connectivity index (χ2n) is 5.27. The number of nitrogens with zero attached hydrogens (tertiary/aromatic N) is 1. The Kier molecular flexibility index (Phi) is 2.28. The largest absolute Gasteiger partial charge is 0.449 e. The Morgan fingerprint density at radius 1 is 1.41 bits per heavy atom. The Labute approximate surface area is 101 Å². The highest BCUT2D eigenvalue weighted by atomic mass is 16.6. The molecule has 0 aliphatic carbocycles. The highest BCUT2D eigenvalue weighted by Gasteiger charge is 2.51. The molecule has 2 atom stereocenters. The van der Waals surface area contributed by atoms with Gasteiger partial charge in [0.05, 0.1) is 6.04 Å². The molecule has 0 unspecified atom stereocenters. The van der Waals surface area contributed by atoms with E-state index < -0.39 is 5.60 Å². The molecule has 3 rings (SSSR count). The number of fused-ring (bicyclic) bond motifs is 2. The van der Waals surface area contributed by atoms with Crippen LogP contribution in [0.25, 0.3) is 0 Å². The van der Waals surface area contributed by atoms with E-state index in [1.807, 2.05) is 11.0 Å². The third kappa shape index (κ3) is 1.50. The zero-order valence-corrected chi connectivity index (χ0v) is 10.1. The van der Waals surface area contributed by atoms with Gasteiger partial charge in [-0.3, -0.25) is 4.79 Å². The molecule has 0 aromatic heterocycles. The fraction of sp³-hybridized carbons (Fsp3) is 0.692. The second kappa shape index (κ2) is 3.59. The first-order valence-electron chi connectivity index (χ1n) is 6.35. The van der Waals surface area contributed by atoms with Gasteiger partial charge in [0, 0.05) is 18.5 Å². The fourth-order valence-electron chi connectivity index (χ4n) is 3.37. The summed E-state index contributed by atoms with van der Waals surface area (Å²) in [5.41, 5.74) is 0.162. The average molecular weight is 235 g/mol. The van der Waals surface area contributed by atoms with Crippen LogP contribution in [0.5, 0.6) is 0 Å². The first kappa shape index (κ1) is 10.8. The zero-order chi connectivity index (χ0) is 12.0. The normalized spacial score (nSPS) is 36.9. The molecule has 0 aromatic carbocycles. The lowest BCUT2D eigenvalue weighted by atomic mass is 9.88. The van der Waals surface area contributed by atoms with Crippen molar-refractivity contribution in [1.29, 1.82) is 0 Å². The summed E-state index contributed by atoms with van der Waals surface area (Å²) < 4.78 is 5.62. The van der Waals surface area contributed by atoms with Gasteiger partial charge in [0.1, 0.15) is 0 Å². The van der Waals surface area contributed by atoms with E-state index in [2.05, 4.69) is 0 Å². The maximum atomic E-state index is 11.8. The minimum Gasteiger partial charge on any atom is -0.449 e. The lowest BCUT2D eigenvalue weighted by molar-refractivity contribution is -0.153. The Balaban J connectivity index is 1.98. The Bertz CT molecular complexity index is 415. The van der Waals surface area contributed by atoms with Gasteiger partial charge in [-0.25, -0.2) is 4.79 Å². The molecule has 0 aromatic rings. The van der Waals surface area contributed by atoms with Gasteiger partial charge in [-0.1, -0.05) is 0 Å². The highest BCUT2D eigenvalue weighted by Crippen LogP contribution is 2.41. The third-order valence-corrected chi connectivity index (χ3v) is 4.17. The molecule has 4 heteroatoms. The molecular weight excluding hydrogens is 218 g/mol. The third-order valence-electron chi connectivity index (χ3n) is 4.17. The van der Waals surface area contributed by atoms with Crippen LogP contribution in [0, 0.1) is 0 Å². The van der Waals surface area contributed by atoms with Gasteiger partial charge in [0.25, 0.3) is 0 Å². The topological polar surface area (TPSA) is 46.6 Å². The number of carbonyl (C=O) groups is 2. The predicted octanol–water partition coefficient (Wildman–Crippen LogP) is 1.40. The summed E-state index contributed by atoms with van der Waals surface area (Å²) in [6, 6.07) is 0.0684. The number of carbonyl (C=O) groups excluding carboxylic acids is 2. The van der Waals surface area contributed by atoms with Crippen LogP contribution in [0.15, 0.2) is 11.6 Å². The summed E-state index contributed by atoms with van der Waals surface area (Å²) in [6.07, 6.45) is 6.24. The van der Waals surface area contributed by atoms with Gasteiger partial charge in [0.15, 0.2) is 5.60 Å². The van der Waals surface area contributed by atoms with Crippen LogP contribution in [0.3, 0.4) is 0 Å². The van der Waals surface area contributed by atoms with E-state index in [9.17, 15) is 9.59 Å². The van der Waals surface area contributed by atoms with Crippen molar-refractivity contribution >= 4 is 11.9 Å². The summed E-state index contributed by atoms with van der Waals surface area (Å²) in [6.45, 7) is 2.61. The molecule has 0 radical (unpaired) electrons. The molecular formula is C13H17NO3. The van der Waals surface area contributed by atoms with Gasteiger partial charge in [-0.2, -0.15) is 0 Å². The maximum absolute atomic E-state index is 11.8. The van der Waals surface area contributed by atoms with Gasteiger partial charge >= 0.3 is 5.97 Å². The SMILES string of the molecule is CC1=C[C@]2(CCCCN3C(=O)CC[C@H]32)OC1=O. The van der Waals surface area contributed by atoms with Crippen molar-refractivity contribution in [2.75, 3.05) is 6.54 Å². The summed E-state index contributed by atoms with van der Waals surface area (Å²) in [4.78, 5) is 25.4. The van der Waals surface area contributed by atoms with Crippen molar-refractivity contribution in [1.82, 2.24) is 4.90 Å². The summed E-state index contributed by atoms with van der Waals surface area (Å²) in [5, 5.41) is 0. The van der Waals surface area contributed by atoms with E-state index in [1.165, 1.54) is 0 Å². The van der Waals surface area contributed by atoms with E-state index in [1.54, 1.807) is 6.92 Å². The number of esters is 1. The number of rotatable bonds is 0. The van der Waals surface area contributed by atoms with Crippen LogP contribution in [-0.2, 0) is 14.3 Å². The quantitative estimate of drug-likeness (QED) is 0.596. The predicted molar refractivity (Wildman–Crippen MR) is 61.2 cm³/mol. The first-order chi connectivity index (χ1) is 8.12. The number of amides is 1. The van der Waals surface area contributed by atoms with Gasteiger partial charge < -0.3 is 9.64 Å². The van der Waals surface area contributed by atoms with Crippen molar-refractivity contribution in [3.63, 3.8) is 0 Å². The van der Waals surface area contributed by atoms with Crippen LogP contribution >= 0.6 is 0 Å². The number of hydrogen-bond donors (Lipinski definition) is 0. The van der Waals surface area contributed by atoms with Crippen molar-refractivity contribution in [2.45, 2.75) is 50.7 Å². The molecule has 3 heterocycles. The Hall–Kier alpha value is -1.32. The molecule has 0 bridgehead atoms. The van der Waals surface area contributed by atoms with Crippen LogP contribution in [-0.4, -0.2) is 35.0 Å². The fourth-order valence-corrected chi connectivity index (χ4v) is 3.37. The molecule has 17 heavy (non-hydrogen) atoms. The molecule has 0 saturated carbocycles. The molecule has 2 fully saturated rings. The highest BCUT2D eigenvalue weighted by molar-refractivity contribution is 5.91. The van der Waals surface area contributed by atoms with Crippen molar-refractivity contribution in [3.05, 3.63) is 11.6 Å². The summed E-state index contributed by atoms with van der Waals surface area (Å²) >= 11 is 0. The molecule has 0 N–H and O–H groups in total. The van der Waals surface area contributed by atoms with E-state index in [4.69, 9.17) is 4.74 Å². The van der Waals surface area contributed by atoms with E-state index in [0.717, 1.165) is 32.2 Å². The van der Waals surface area contributed by atoms with Gasteiger partial charge in [-0.15, -0.1) is 0 Å². The molecule has 1 spiro atoms. The molecule has 92 valence electrons. The van der Waals surface area contributed by atoms with Crippen LogP contribution in [0.2, 0.25) is 0 Å². The summed E-state index contributed by atoms with van der Waals surface area (Å²) in [7, 11) is 0. The van der Waals surface area contributed by atoms with Crippen LogP contribution < -0.4 is 0 Å². The molecule has 4 nitrogen and oxygen atoms in total. The van der Waals surface area contributed by atoms with Gasteiger partial charge in [0.2, 0.25) is 5.91 Å². The Morgan fingerprint density at radius 3 is 2.94 bits per heavy atom. The lowest BCUT2D eigenvalue weighted by Crippen LogP contribution is -2.49. The smallest absolute Gasteiger partial charge is 0.334 e. The minimum atomic E-state index is -0.524. The maximum Gasteiger partial charge on any atom is 0.334 e. The zero-order valence-electron chi connectivity index (χ0n) is 10.1. The number of hydrogen-bond acceptors (Lipinski definition) is 3. The standard InChI is InChI=1S/C13H17NO3/c1-9-8-13(17-12(9)16)6-2-3-7-14-10(13)4-5-11(14)15/h8,10H,2-7H2,1H3/t10-,13-/m0/s1. The second-order valence-corrected chi connectivity index (χ2v) is 5.27. The first-order valence-corrected chi connectivity index (χ1v) is 6.35. The monoisotopic (exact) mass is 235 g/mol. The molecule has 1 amide bonds. The van der Waals surface area contributed by atoms with Crippen molar-refractivity contribution in [3.8, 4) is 0 Å². The number of ether oxygens (including phenoxy) is 1. The lowest BCUT2D eigenvalue weighted by Gasteiger charge is -2.35. The average Bonchev–Trinajstić information content (AvgIpc) is 2.71. The van der Waals surface area contributed by atoms with Crippen molar-refractivity contribution < 1.29 is 14.3 Å². The summed E-state index contributed by atoms with van der Waals surface area (Å²) in [5.74, 6) is -0.00326. The van der Waals surface area contributed by atoms with Crippen LogP contribution in [0.4, 0.5) is 0 Å². The van der Waals surface area contributed by atoms with Crippen molar-refractivity contribution in [2.24, 2.45) is 0 Å². The molecule has 3 aliphatic rings. The van der Waals surface area contributed by atoms with E-state index >= 15 is 0 Å².